The molecule has 6 heteroatoms. The van der Waals surface area contributed by atoms with E-state index < -0.39 is 17.8 Å². The molecule has 0 aliphatic carbocycles. The number of aliphatic carboxylic acids is 1. The summed E-state index contributed by atoms with van der Waals surface area (Å²) in [4.78, 5) is 21.2. The van der Waals surface area contributed by atoms with Crippen LogP contribution in [0.1, 0.15) is 26.7 Å². The average molecular weight is 205 g/mol. The number of unbranched alkanes of at least 4 members (excludes halogenated alkanes) is 1. The fourth-order valence-electron chi connectivity index (χ4n) is 0.597. The zero-order valence-corrected chi connectivity index (χ0v) is 8.24. The quantitative estimate of drug-likeness (QED) is 0.443. The second-order valence-corrected chi connectivity index (χ2v) is 2.99. The van der Waals surface area contributed by atoms with E-state index >= 15 is 0 Å². The number of nitrogens with one attached hydrogen (secondary N) is 1. The van der Waals surface area contributed by atoms with Crippen molar-refractivity contribution in [2.24, 2.45) is 0 Å². The number of aliphatic hydroxyl groups is 1. The zero-order chi connectivity index (χ0) is 11.2. The van der Waals surface area contributed by atoms with Crippen molar-refractivity contribution in [1.29, 1.82) is 0 Å². The van der Waals surface area contributed by atoms with Gasteiger partial charge < -0.3 is 14.9 Å². The second kappa shape index (κ2) is 5.43. The Hall–Kier alpha value is -1.30. The molecule has 6 nitrogen and oxygen atoms in total. The number of ether oxygens (including phenoxy) is 1. The lowest BCUT2D eigenvalue weighted by atomic mass is 10.3. The highest BCUT2D eigenvalue weighted by Gasteiger charge is 2.32. The van der Waals surface area contributed by atoms with Gasteiger partial charge in [-0.1, -0.05) is 13.3 Å². The number of hydrogen-bond donors (Lipinski definition) is 3. The van der Waals surface area contributed by atoms with Crippen molar-refractivity contribution in [3.63, 3.8) is 0 Å². The summed E-state index contributed by atoms with van der Waals surface area (Å²) in [7, 11) is 0. The van der Waals surface area contributed by atoms with E-state index in [0.29, 0.717) is 6.42 Å². The molecule has 0 aliphatic heterocycles. The highest BCUT2D eigenvalue weighted by molar-refractivity contribution is 5.81. The van der Waals surface area contributed by atoms with Crippen molar-refractivity contribution in [2.75, 3.05) is 6.61 Å². The van der Waals surface area contributed by atoms with Crippen LogP contribution in [0.2, 0.25) is 0 Å². The standard InChI is InChI=1S/C8H15NO5/c1-3-4-5-14-7(12)9-8(2,13)6(10)11/h13H,3-5H2,1-2H3,(H,9,12)(H,10,11). The maximum atomic E-state index is 10.9. The molecule has 0 bridgehead atoms. The normalized spacial score (nSPS) is 14.2. The summed E-state index contributed by atoms with van der Waals surface area (Å²) in [5, 5.41) is 19.4. The first-order valence-electron chi connectivity index (χ1n) is 4.31. The van der Waals surface area contributed by atoms with Crippen LogP contribution < -0.4 is 5.32 Å². The van der Waals surface area contributed by atoms with Crippen LogP contribution in [-0.2, 0) is 9.53 Å². The molecule has 0 saturated heterocycles. The Morgan fingerprint density at radius 3 is 2.50 bits per heavy atom. The van der Waals surface area contributed by atoms with Crippen LogP contribution in [0.4, 0.5) is 4.79 Å². The van der Waals surface area contributed by atoms with Gasteiger partial charge in [-0.05, 0) is 13.3 Å². The summed E-state index contributed by atoms with van der Waals surface area (Å²) in [5.74, 6) is -1.54. The number of amides is 1. The van der Waals surface area contributed by atoms with Gasteiger partial charge in [-0.2, -0.15) is 0 Å². The minimum Gasteiger partial charge on any atom is -0.478 e. The molecule has 1 amide bonds. The van der Waals surface area contributed by atoms with Crippen LogP contribution in [0.3, 0.4) is 0 Å². The summed E-state index contributed by atoms with van der Waals surface area (Å²) in [6.07, 6.45) is 0.622. The Morgan fingerprint density at radius 1 is 1.50 bits per heavy atom. The molecule has 0 rings (SSSR count). The Kier molecular flexibility index (Phi) is 4.93. The molecule has 14 heavy (non-hydrogen) atoms. The SMILES string of the molecule is CCCCOC(=O)NC(C)(O)C(=O)O. The number of carbonyl (C=O) groups excluding carboxylic acids is 1. The predicted octanol–water partition coefficient (Wildman–Crippen LogP) is 0.306. The van der Waals surface area contributed by atoms with Gasteiger partial charge in [0, 0.05) is 0 Å². The van der Waals surface area contributed by atoms with Gasteiger partial charge in [0.15, 0.2) is 0 Å². The van der Waals surface area contributed by atoms with Crippen molar-refractivity contribution >= 4 is 12.1 Å². The van der Waals surface area contributed by atoms with E-state index in [1.165, 1.54) is 0 Å². The van der Waals surface area contributed by atoms with Crippen LogP contribution >= 0.6 is 0 Å². The van der Waals surface area contributed by atoms with Crippen molar-refractivity contribution in [1.82, 2.24) is 5.32 Å². The zero-order valence-electron chi connectivity index (χ0n) is 8.24. The van der Waals surface area contributed by atoms with Gasteiger partial charge in [0.25, 0.3) is 0 Å². The molecule has 0 aromatic carbocycles. The first kappa shape index (κ1) is 12.7. The van der Waals surface area contributed by atoms with Gasteiger partial charge >= 0.3 is 12.1 Å². The molecule has 82 valence electrons. The van der Waals surface area contributed by atoms with Gasteiger partial charge in [0.1, 0.15) is 0 Å². The van der Waals surface area contributed by atoms with E-state index in [1.807, 2.05) is 12.2 Å². The molecule has 0 saturated carbocycles. The van der Waals surface area contributed by atoms with Crippen LogP contribution in [0.15, 0.2) is 0 Å². The Morgan fingerprint density at radius 2 is 2.07 bits per heavy atom. The van der Waals surface area contributed by atoms with Crippen molar-refractivity contribution in [3.8, 4) is 0 Å². The molecule has 1 unspecified atom stereocenters. The smallest absolute Gasteiger partial charge is 0.409 e. The Labute approximate surface area is 81.9 Å². The monoisotopic (exact) mass is 205 g/mol. The number of carboxylic acid groups (broad SMARTS) is 1. The lowest BCUT2D eigenvalue weighted by Gasteiger charge is -2.18. The molecule has 1 atom stereocenters. The van der Waals surface area contributed by atoms with Crippen LogP contribution in [-0.4, -0.2) is 34.6 Å². The minimum absolute atomic E-state index is 0.206. The largest absolute Gasteiger partial charge is 0.478 e. The van der Waals surface area contributed by atoms with Gasteiger partial charge in [-0.25, -0.2) is 9.59 Å². The molecule has 0 fully saturated rings. The highest BCUT2D eigenvalue weighted by Crippen LogP contribution is 1.98. The fraction of sp³-hybridized carbons (Fsp3) is 0.750. The lowest BCUT2D eigenvalue weighted by molar-refractivity contribution is -0.159. The maximum absolute atomic E-state index is 10.9. The van der Waals surface area contributed by atoms with E-state index in [-0.39, 0.29) is 6.61 Å². The molecule has 0 aromatic heterocycles. The van der Waals surface area contributed by atoms with Gasteiger partial charge in [0.2, 0.25) is 5.72 Å². The van der Waals surface area contributed by atoms with Gasteiger partial charge in [-0.15, -0.1) is 0 Å². The summed E-state index contributed by atoms with van der Waals surface area (Å²) in [6, 6.07) is 0. The summed E-state index contributed by atoms with van der Waals surface area (Å²) >= 11 is 0. The maximum Gasteiger partial charge on any atom is 0.409 e. The fourth-order valence-corrected chi connectivity index (χ4v) is 0.597. The number of rotatable bonds is 5. The lowest BCUT2D eigenvalue weighted by Crippen LogP contribution is -2.52. The minimum atomic E-state index is -2.29. The number of hydrogen-bond acceptors (Lipinski definition) is 4. The topological polar surface area (TPSA) is 95.9 Å². The number of alkyl carbamates (subject to hydrolysis) is 1. The molecule has 0 radical (unpaired) electrons. The number of carbonyl (C=O) groups is 2. The van der Waals surface area contributed by atoms with E-state index in [1.54, 1.807) is 0 Å². The summed E-state index contributed by atoms with van der Waals surface area (Å²) in [6.45, 7) is 3.09. The third kappa shape index (κ3) is 4.66. The first-order chi connectivity index (χ1) is 6.40. The van der Waals surface area contributed by atoms with E-state index in [4.69, 9.17) is 10.2 Å². The van der Waals surface area contributed by atoms with Crippen molar-refractivity contribution < 1.29 is 24.5 Å². The van der Waals surface area contributed by atoms with E-state index in [9.17, 15) is 9.59 Å². The van der Waals surface area contributed by atoms with Crippen molar-refractivity contribution in [3.05, 3.63) is 0 Å². The summed E-state index contributed by atoms with van der Waals surface area (Å²) in [5.41, 5.74) is -2.29. The molecule has 0 heterocycles. The number of carboxylic acids is 1. The molecule has 3 N–H and O–H groups in total. The highest BCUT2D eigenvalue weighted by atomic mass is 16.6. The average Bonchev–Trinajstić information content (AvgIpc) is 2.03. The van der Waals surface area contributed by atoms with Crippen LogP contribution in [0.25, 0.3) is 0 Å². The van der Waals surface area contributed by atoms with Gasteiger partial charge in [0.05, 0.1) is 6.61 Å². The Balaban J connectivity index is 3.88. The molecular formula is C8H15NO5. The first-order valence-corrected chi connectivity index (χ1v) is 4.31. The second-order valence-electron chi connectivity index (χ2n) is 2.99. The van der Waals surface area contributed by atoms with Crippen molar-refractivity contribution in [2.45, 2.75) is 32.4 Å². The third-order valence-electron chi connectivity index (χ3n) is 1.49. The van der Waals surface area contributed by atoms with E-state index in [2.05, 4.69) is 4.74 Å². The van der Waals surface area contributed by atoms with Crippen LogP contribution in [0.5, 0.6) is 0 Å². The van der Waals surface area contributed by atoms with Crippen LogP contribution in [0, 0.1) is 0 Å². The van der Waals surface area contributed by atoms with E-state index in [0.717, 1.165) is 13.3 Å². The molecule has 0 aliphatic rings. The molecular weight excluding hydrogens is 190 g/mol. The summed E-state index contributed by atoms with van der Waals surface area (Å²) < 4.78 is 4.60. The molecule has 0 spiro atoms. The predicted molar refractivity (Wildman–Crippen MR) is 47.7 cm³/mol. The third-order valence-corrected chi connectivity index (χ3v) is 1.49. The van der Waals surface area contributed by atoms with Gasteiger partial charge in [-0.3, -0.25) is 5.32 Å². The Bertz CT molecular complexity index is 214. The molecule has 0 aromatic rings.